The van der Waals surface area contributed by atoms with Crippen LogP contribution in [0.3, 0.4) is 0 Å². The second-order valence-corrected chi connectivity index (χ2v) is 10.6. The first kappa shape index (κ1) is 24.2. The van der Waals surface area contributed by atoms with Gasteiger partial charge >= 0.3 is 5.97 Å². The molecular formula is C23H26ClNO6S. The summed E-state index contributed by atoms with van der Waals surface area (Å²) in [7, 11) is -3.77. The van der Waals surface area contributed by atoms with E-state index in [4.69, 9.17) is 16.7 Å². The number of hydrogen-bond donors (Lipinski definition) is 2. The first-order chi connectivity index (χ1) is 15.1. The van der Waals surface area contributed by atoms with E-state index in [9.17, 15) is 23.1 Å². The summed E-state index contributed by atoms with van der Waals surface area (Å²) in [5, 5.41) is 20.4. The molecule has 0 spiro atoms. The van der Waals surface area contributed by atoms with Crippen LogP contribution < -0.4 is 0 Å². The smallest absolute Gasteiger partial charge is 0.311 e. The van der Waals surface area contributed by atoms with Gasteiger partial charge in [-0.3, -0.25) is 9.59 Å². The predicted molar refractivity (Wildman–Crippen MR) is 122 cm³/mol. The molecule has 1 aliphatic heterocycles. The predicted octanol–water partition coefficient (Wildman–Crippen LogP) is 4.01. The first-order valence-electron chi connectivity index (χ1n) is 10.4. The van der Waals surface area contributed by atoms with E-state index in [1.807, 2.05) is 6.08 Å². The van der Waals surface area contributed by atoms with Gasteiger partial charge in [0.05, 0.1) is 4.91 Å². The number of piperidine rings is 1. The van der Waals surface area contributed by atoms with Crippen LogP contribution in [0.5, 0.6) is 0 Å². The van der Waals surface area contributed by atoms with Crippen molar-refractivity contribution in [3.8, 4) is 0 Å². The number of rotatable bonds is 8. The van der Waals surface area contributed by atoms with Gasteiger partial charge in [-0.05, 0) is 55.9 Å². The molecule has 0 amide bonds. The Morgan fingerprint density at radius 3 is 2.50 bits per heavy atom. The minimum absolute atomic E-state index is 0.0220. The fraction of sp³-hybridized carbons (Fsp3) is 0.391. The summed E-state index contributed by atoms with van der Waals surface area (Å²) in [6, 6.07) is 6.98. The van der Waals surface area contributed by atoms with Crippen LogP contribution >= 0.6 is 11.6 Å². The van der Waals surface area contributed by atoms with Crippen LogP contribution in [0.4, 0.5) is 0 Å². The van der Waals surface area contributed by atoms with Crippen LogP contribution in [-0.4, -0.2) is 47.8 Å². The van der Waals surface area contributed by atoms with Gasteiger partial charge < -0.3 is 10.2 Å². The molecule has 1 aromatic carbocycles. The summed E-state index contributed by atoms with van der Waals surface area (Å²) < 4.78 is 27.9. The van der Waals surface area contributed by atoms with Crippen LogP contribution in [0.1, 0.15) is 37.7 Å². The summed E-state index contributed by atoms with van der Waals surface area (Å²) in [5.74, 6) is -2.34. The largest absolute Gasteiger partial charge is 0.512 e. The van der Waals surface area contributed by atoms with E-state index in [0.717, 1.165) is 18.1 Å². The van der Waals surface area contributed by atoms with E-state index in [1.165, 1.54) is 4.31 Å². The lowest BCUT2D eigenvalue weighted by molar-refractivity contribution is -0.139. The quantitative estimate of drug-likeness (QED) is 0.331. The number of aliphatic carboxylic acids is 1. The molecule has 0 saturated carbocycles. The van der Waals surface area contributed by atoms with Crippen molar-refractivity contribution in [3.63, 3.8) is 0 Å². The lowest BCUT2D eigenvalue weighted by atomic mass is 9.73. The van der Waals surface area contributed by atoms with Crippen molar-refractivity contribution >= 4 is 33.4 Å². The van der Waals surface area contributed by atoms with Gasteiger partial charge in [0.15, 0.2) is 5.78 Å². The molecule has 0 radical (unpaired) electrons. The summed E-state index contributed by atoms with van der Waals surface area (Å²) in [6.45, 7) is 0.276. The minimum Gasteiger partial charge on any atom is -0.512 e. The minimum atomic E-state index is -3.77. The molecule has 2 N–H and O–H groups in total. The van der Waals surface area contributed by atoms with Gasteiger partial charge in [-0.2, -0.15) is 4.31 Å². The molecular weight excluding hydrogens is 454 g/mol. The SMILES string of the molecule is O=C(O)CC(=O)C=C(O)C1(Cc2ccc(Cl)cc2)CCCN(S(=O)(=O)C2=CCCC=C2)C1. The maximum atomic E-state index is 13.3. The van der Waals surface area contributed by atoms with Crippen LogP contribution in [0.25, 0.3) is 0 Å². The molecule has 7 nitrogen and oxygen atoms in total. The van der Waals surface area contributed by atoms with Gasteiger partial charge in [0.1, 0.15) is 12.2 Å². The topological polar surface area (TPSA) is 112 Å². The summed E-state index contributed by atoms with van der Waals surface area (Å²) in [6.07, 6.45) is 7.91. The lowest BCUT2D eigenvalue weighted by Crippen LogP contribution is -2.48. The Bertz CT molecular complexity index is 1070. The summed E-state index contributed by atoms with van der Waals surface area (Å²) in [4.78, 5) is 23.2. The standard InChI is InChI=1S/C23H26ClNO6S/c24-18-9-7-17(8-10-18)15-23(21(27)13-19(26)14-22(28)29)11-4-12-25(16-23)32(30,31)20-5-2-1-3-6-20/h2,5-10,13,27H,1,3-4,11-12,14-16H2,(H,28,29). The van der Waals surface area contributed by atoms with Gasteiger partial charge in [-0.15, -0.1) is 0 Å². The van der Waals surface area contributed by atoms with Crippen LogP contribution in [0.2, 0.25) is 5.02 Å². The van der Waals surface area contributed by atoms with Crippen LogP contribution in [0, 0.1) is 5.41 Å². The van der Waals surface area contributed by atoms with Crippen molar-refractivity contribution in [1.82, 2.24) is 4.31 Å². The number of benzene rings is 1. The van der Waals surface area contributed by atoms with Gasteiger partial charge in [0, 0.05) is 29.6 Å². The highest BCUT2D eigenvalue weighted by Crippen LogP contribution is 2.41. The van der Waals surface area contributed by atoms with Crippen molar-refractivity contribution in [2.24, 2.45) is 5.41 Å². The Balaban J connectivity index is 1.97. The number of carboxylic acid groups (broad SMARTS) is 1. The van der Waals surface area contributed by atoms with Crippen molar-refractivity contribution in [2.75, 3.05) is 13.1 Å². The number of nitrogens with zero attached hydrogens (tertiary/aromatic N) is 1. The number of aliphatic hydroxyl groups is 1. The van der Waals surface area contributed by atoms with Gasteiger partial charge in [0.25, 0.3) is 0 Å². The third kappa shape index (κ3) is 5.68. The highest BCUT2D eigenvalue weighted by atomic mass is 35.5. The van der Waals surface area contributed by atoms with Crippen molar-refractivity contribution < 1.29 is 28.2 Å². The molecule has 1 fully saturated rings. The molecule has 0 bridgehead atoms. The number of hydrogen-bond acceptors (Lipinski definition) is 5. The number of halogens is 1. The second-order valence-electron chi connectivity index (χ2n) is 8.18. The Kier molecular flexibility index (Phi) is 7.59. The van der Waals surface area contributed by atoms with Crippen LogP contribution in [0.15, 0.2) is 59.2 Å². The van der Waals surface area contributed by atoms with E-state index >= 15 is 0 Å². The number of carbonyl (C=O) groups is 2. The molecule has 1 aliphatic carbocycles. The maximum absolute atomic E-state index is 13.3. The Morgan fingerprint density at radius 2 is 1.88 bits per heavy atom. The zero-order chi connectivity index (χ0) is 23.4. The molecule has 0 aromatic heterocycles. The van der Waals surface area contributed by atoms with E-state index in [-0.39, 0.29) is 23.6 Å². The van der Waals surface area contributed by atoms with Gasteiger partial charge in [-0.1, -0.05) is 35.9 Å². The lowest BCUT2D eigenvalue weighted by Gasteiger charge is -2.42. The van der Waals surface area contributed by atoms with Gasteiger partial charge in [-0.25, -0.2) is 8.42 Å². The number of aliphatic hydroxyl groups excluding tert-OH is 1. The zero-order valence-electron chi connectivity index (χ0n) is 17.5. The Labute approximate surface area is 192 Å². The van der Waals surface area contributed by atoms with E-state index < -0.39 is 33.6 Å². The van der Waals surface area contributed by atoms with Crippen LogP contribution in [-0.2, 0) is 26.0 Å². The molecule has 1 unspecified atom stereocenters. The normalized spacial score (nSPS) is 22.4. The molecule has 1 atom stereocenters. The summed E-state index contributed by atoms with van der Waals surface area (Å²) in [5.41, 5.74) is -0.247. The third-order valence-electron chi connectivity index (χ3n) is 5.76. The summed E-state index contributed by atoms with van der Waals surface area (Å²) >= 11 is 5.98. The first-order valence-corrected chi connectivity index (χ1v) is 12.2. The molecule has 3 rings (SSSR count). The monoisotopic (exact) mass is 479 g/mol. The average molecular weight is 480 g/mol. The molecule has 1 aromatic rings. The highest BCUT2D eigenvalue weighted by molar-refractivity contribution is 7.93. The third-order valence-corrected chi connectivity index (χ3v) is 7.90. The number of ketones is 1. The number of carbonyl (C=O) groups excluding carboxylic acids is 1. The fourth-order valence-electron chi connectivity index (χ4n) is 4.17. The molecule has 172 valence electrons. The number of sulfonamides is 1. The van der Waals surface area contributed by atoms with Gasteiger partial charge in [0.2, 0.25) is 10.0 Å². The number of carboxylic acids is 1. The molecule has 1 heterocycles. The van der Waals surface area contributed by atoms with Crippen molar-refractivity contribution in [3.05, 3.63) is 69.8 Å². The average Bonchev–Trinajstić information content (AvgIpc) is 2.75. The highest BCUT2D eigenvalue weighted by Gasteiger charge is 2.43. The molecule has 2 aliphatic rings. The molecule has 9 heteroatoms. The van der Waals surface area contributed by atoms with Crippen molar-refractivity contribution in [2.45, 2.75) is 38.5 Å². The fourth-order valence-corrected chi connectivity index (χ4v) is 5.97. The Morgan fingerprint density at radius 1 is 1.16 bits per heavy atom. The molecule has 32 heavy (non-hydrogen) atoms. The van der Waals surface area contributed by atoms with E-state index in [0.29, 0.717) is 30.8 Å². The number of allylic oxidation sites excluding steroid dienone is 4. The maximum Gasteiger partial charge on any atom is 0.311 e. The van der Waals surface area contributed by atoms with E-state index in [2.05, 4.69) is 0 Å². The second kappa shape index (κ2) is 10.0. The molecule has 1 saturated heterocycles. The zero-order valence-corrected chi connectivity index (χ0v) is 19.1. The Hall–Kier alpha value is -2.42. The van der Waals surface area contributed by atoms with E-state index in [1.54, 1.807) is 36.4 Å². The van der Waals surface area contributed by atoms with Crippen molar-refractivity contribution in [1.29, 1.82) is 0 Å².